The molecule has 2 aromatic rings. The van der Waals surface area contributed by atoms with Gasteiger partial charge in [0.2, 0.25) is 0 Å². The van der Waals surface area contributed by atoms with E-state index in [-0.39, 0.29) is 6.04 Å². The van der Waals surface area contributed by atoms with Crippen molar-refractivity contribution in [1.29, 1.82) is 0 Å². The van der Waals surface area contributed by atoms with Crippen molar-refractivity contribution in [3.63, 3.8) is 0 Å². The third-order valence-corrected chi connectivity index (χ3v) is 14.2. The van der Waals surface area contributed by atoms with E-state index in [0.717, 1.165) is 36.6 Å². The third kappa shape index (κ3) is 6.24. The summed E-state index contributed by atoms with van der Waals surface area (Å²) < 4.78 is 13.0. The Hall–Kier alpha value is -2.29. The van der Waals surface area contributed by atoms with E-state index in [0.29, 0.717) is 49.0 Å². The molecule has 2 aliphatic rings. The number of anilines is 2. The first-order valence-corrected chi connectivity index (χ1v) is 16.1. The Morgan fingerprint density at radius 3 is 2.43 bits per heavy atom. The highest BCUT2D eigenvalue weighted by atomic mass is 28.4. The lowest BCUT2D eigenvalue weighted by molar-refractivity contribution is 0.108. The van der Waals surface area contributed by atoms with Crippen LogP contribution in [0.5, 0.6) is 0 Å². The molecule has 0 saturated carbocycles. The minimum Gasteiger partial charge on any atom is -0.414 e. The fourth-order valence-corrected chi connectivity index (χ4v) is 11.8. The standard InChI is InChI=1S/C29H45N5O2Si/c1-21(2)37(22(3)4,23(5)6)36-18-25-15-31-28-27(16-30-25)29(33-20-32-28)34-14-10-13-26(34)19-35-17-24-11-8-7-9-12-24/h7-9,11-12,16,20-23,25-26H,10,13-15,17-19H2,1-6H3,(H,31,32,33)/t25-,26+/m0/s1. The maximum absolute atomic E-state index is 6.86. The third-order valence-electron chi connectivity index (χ3n) is 8.09. The molecule has 0 amide bonds. The number of aromatic nitrogens is 2. The quantitative estimate of drug-likeness (QED) is 0.361. The zero-order valence-electron chi connectivity index (χ0n) is 23.5. The maximum Gasteiger partial charge on any atom is 0.200 e. The lowest BCUT2D eigenvalue weighted by atomic mass is 10.2. The summed E-state index contributed by atoms with van der Waals surface area (Å²) in [7, 11) is -1.94. The van der Waals surface area contributed by atoms with E-state index in [1.54, 1.807) is 6.33 Å². The predicted molar refractivity (Wildman–Crippen MR) is 155 cm³/mol. The van der Waals surface area contributed by atoms with Gasteiger partial charge in [0.15, 0.2) is 8.32 Å². The molecule has 3 heterocycles. The van der Waals surface area contributed by atoms with E-state index in [1.807, 2.05) is 12.3 Å². The summed E-state index contributed by atoms with van der Waals surface area (Å²) in [6.45, 7) is 17.6. The summed E-state index contributed by atoms with van der Waals surface area (Å²) in [5.74, 6) is 1.80. The van der Waals surface area contributed by atoms with Crippen LogP contribution < -0.4 is 10.2 Å². The zero-order valence-corrected chi connectivity index (χ0v) is 24.5. The van der Waals surface area contributed by atoms with Crippen LogP contribution in [0.3, 0.4) is 0 Å². The van der Waals surface area contributed by atoms with Crippen LogP contribution in [0.4, 0.5) is 11.6 Å². The van der Waals surface area contributed by atoms with Crippen LogP contribution in [0.15, 0.2) is 41.7 Å². The molecule has 0 unspecified atom stereocenters. The molecule has 37 heavy (non-hydrogen) atoms. The topological polar surface area (TPSA) is 71.9 Å². The number of aliphatic imine (C=N–C) groups is 1. The highest BCUT2D eigenvalue weighted by Gasteiger charge is 2.45. The second-order valence-corrected chi connectivity index (χ2v) is 16.9. The van der Waals surface area contributed by atoms with Gasteiger partial charge >= 0.3 is 0 Å². The molecule has 0 aliphatic carbocycles. The van der Waals surface area contributed by atoms with Gasteiger partial charge in [-0.05, 0) is 35.0 Å². The molecule has 202 valence electrons. The molecule has 7 nitrogen and oxygen atoms in total. The van der Waals surface area contributed by atoms with Gasteiger partial charge in [0.1, 0.15) is 18.0 Å². The van der Waals surface area contributed by atoms with E-state index in [2.05, 4.69) is 81.0 Å². The maximum atomic E-state index is 6.86. The minimum absolute atomic E-state index is 0.0498. The second kappa shape index (κ2) is 12.5. The van der Waals surface area contributed by atoms with E-state index in [9.17, 15) is 0 Å². The number of benzene rings is 1. The van der Waals surface area contributed by atoms with Crippen LogP contribution >= 0.6 is 0 Å². The Morgan fingerprint density at radius 1 is 1.00 bits per heavy atom. The van der Waals surface area contributed by atoms with Gasteiger partial charge in [-0.15, -0.1) is 0 Å². The Bertz CT molecular complexity index is 1010. The Kier molecular flexibility index (Phi) is 9.37. The SMILES string of the molecule is CC(C)[Si](OC[C@@H]1CNc2ncnc(N3CCC[C@@H]3COCc3ccccc3)c2C=N1)(C(C)C)C(C)C. The first-order valence-electron chi connectivity index (χ1n) is 14.0. The Morgan fingerprint density at radius 2 is 1.73 bits per heavy atom. The van der Waals surface area contributed by atoms with Crippen molar-refractivity contribution in [3.8, 4) is 0 Å². The number of fused-ring (bicyclic) bond motifs is 1. The average molecular weight is 524 g/mol. The van der Waals surface area contributed by atoms with Crippen molar-refractivity contribution >= 4 is 26.2 Å². The normalized spacial score (nSPS) is 20.0. The predicted octanol–water partition coefficient (Wildman–Crippen LogP) is 6.07. The Labute approximate surface area is 224 Å². The van der Waals surface area contributed by atoms with Crippen LogP contribution in [0, 0.1) is 0 Å². The van der Waals surface area contributed by atoms with Crippen molar-refractivity contribution in [2.24, 2.45) is 4.99 Å². The molecule has 0 bridgehead atoms. The molecule has 1 N–H and O–H groups in total. The Balaban J connectivity index is 1.44. The highest BCUT2D eigenvalue weighted by Crippen LogP contribution is 2.42. The van der Waals surface area contributed by atoms with Gasteiger partial charge in [0.25, 0.3) is 0 Å². The van der Waals surface area contributed by atoms with Crippen molar-refractivity contribution in [2.75, 3.05) is 36.5 Å². The number of ether oxygens (including phenoxy) is 1. The van der Waals surface area contributed by atoms with Crippen molar-refractivity contribution in [1.82, 2.24) is 9.97 Å². The molecule has 0 radical (unpaired) electrons. The zero-order chi connectivity index (χ0) is 26.4. The van der Waals surface area contributed by atoms with Crippen LogP contribution in [-0.4, -0.2) is 62.9 Å². The van der Waals surface area contributed by atoms with Gasteiger partial charge in [0, 0.05) is 19.3 Å². The fraction of sp³-hybridized carbons (Fsp3) is 0.621. The largest absolute Gasteiger partial charge is 0.414 e. The molecule has 4 rings (SSSR count). The van der Waals surface area contributed by atoms with Crippen LogP contribution in [-0.2, 0) is 15.8 Å². The molecule has 8 heteroatoms. The number of hydrogen-bond acceptors (Lipinski definition) is 7. The summed E-state index contributed by atoms with van der Waals surface area (Å²) in [6, 6.07) is 10.7. The molecule has 1 saturated heterocycles. The van der Waals surface area contributed by atoms with E-state index in [4.69, 9.17) is 19.1 Å². The van der Waals surface area contributed by atoms with Crippen LogP contribution in [0.2, 0.25) is 16.6 Å². The fourth-order valence-electron chi connectivity index (χ4n) is 6.34. The number of nitrogens with one attached hydrogen (secondary N) is 1. The monoisotopic (exact) mass is 523 g/mol. The molecule has 0 spiro atoms. The molecule has 1 aromatic carbocycles. The van der Waals surface area contributed by atoms with Gasteiger partial charge in [-0.3, -0.25) is 4.99 Å². The molecule has 1 aromatic heterocycles. The first-order chi connectivity index (χ1) is 17.8. The lowest BCUT2D eigenvalue weighted by Crippen LogP contribution is -2.49. The van der Waals surface area contributed by atoms with Gasteiger partial charge in [0.05, 0.1) is 37.5 Å². The van der Waals surface area contributed by atoms with Crippen molar-refractivity contribution in [3.05, 3.63) is 47.8 Å². The smallest absolute Gasteiger partial charge is 0.200 e. The van der Waals surface area contributed by atoms with Crippen molar-refractivity contribution < 1.29 is 9.16 Å². The number of hydrogen-bond donors (Lipinski definition) is 1. The van der Waals surface area contributed by atoms with Gasteiger partial charge in [-0.2, -0.15) is 0 Å². The summed E-state index contributed by atoms with van der Waals surface area (Å²) in [6.07, 6.45) is 5.87. The van der Waals surface area contributed by atoms with E-state index < -0.39 is 8.32 Å². The van der Waals surface area contributed by atoms with Gasteiger partial charge in [-0.25, -0.2) is 9.97 Å². The number of rotatable bonds is 11. The van der Waals surface area contributed by atoms with Crippen LogP contribution in [0.1, 0.15) is 65.5 Å². The molecular formula is C29H45N5O2Si. The molecular weight excluding hydrogens is 478 g/mol. The number of nitrogens with zero attached hydrogens (tertiary/aromatic N) is 4. The average Bonchev–Trinajstić information content (AvgIpc) is 3.23. The molecule has 2 aliphatic heterocycles. The molecule has 1 fully saturated rings. The summed E-state index contributed by atoms with van der Waals surface area (Å²) in [5, 5.41) is 3.54. The van der Waals surface area contributed by atoms with E-state index >= 15 is 0 Å². The minimum atomic E-state index is -1.94. The summed E-state index contributed by atoms with van der Waals surface area (Å²) in [5.41, 5.74) is 3.84. The van der Waals surface area contributed by atoms with E-state index in [1.165, 1.54) is 5.56 Å². The lowest BCUT2D eigenvalue weighted by Gasteiger charge is -2.42. The van der Waals surface area contributed by atoms with Gasteiger partial charge in [-0.1, -0.05) is 71.9 Å². The summed E-state index contributed by atoms with van der Waals surface area (Å²) >= 11 is 0. The molecule has 2 atom stereocenters. The second-order valence-electron chi connectivity index (χ2n) is 11.4. The van der Waals surface area contributed by atoms with Crippen LogP contribution in [0.25, 0.3) is 0 Å². The van der Waals surface area contributed by atoms with Crippen molar-refractivity contribution in [2.45, 2.75) is 89.7 Å². The summed E-state index contributed by atoms with van der Waals surface area (Å²) in [4.78, 5) is 16.6. The van der Waals surface area contributed by atoms with Gasteiger partial charge < -0.3 is 19.4 Å². The highest BCUT2D eigenvalue weighted by molar-refractivity contribution is 6.77. The first kappa shape index (κ1) is 27.7.